The highest BCUT2D eigenvalue weighted by Crippen LogP contribution is 2.29. The summed E-state index contributed by atoms with van der Waals surface area (Å²) in [5, 5.41) is 5.43. The van der Waals surface area contributed by atoms with Gasteiger partial charge in [0, 0.05) is 12.2 Å². The summed E-state index contributed by atoms with van der Waals surface area (Å²) in [7, 11) is 1.55. The molecule has 0 heterocycles. The van der Waals surface area contributed by atoms with Crippen molar-refractivity contribution < 1.29 is 28.7 Å². The molecule has 0 aromatic heterocycles. The summed E-state index contributed by atoms with van der Waals surface area (Å²) in [6, 6.07) is 10.1. The zero-order chi connectivity index (χ0) is 30.7. The van der Waals surface area contributed by atoms with Crippen LogP contribution in [0.25, 0.3) is 0 Å². The van der Waals surface area contributed by atoms with Gasteiger partial charge in [0.15, 0.2) is 0 Å². The Labute approximate surface area is 242 Å². The van der Waals surface area contributed by atoms with Gasteiger partial charge in [-0.3, -0.25) is 14.4 Å². The summed E-state index contributed by atoms with van der Waals surface area (Å²) in [5.41, 5.74) is 7.62. The van der Waals surface area contributed by atoms with Crippen molar-refractivity contribution >= 4 is 29.5 Å². The number of rotatable bonds is 13. The van der Waals surface area contributed by atoms with Crippen molar-refractivity contribution in [2.24, 2.45) is 5.73 Å². The summed E-state index contributed by atoms with van der Waals surface area (Å²) >= 11 is 0. The highest BCUT2D eigenvalue weighted by Gasteiger charge is 2.37. The minimum absolute atomic E-state index is 0.214. The minimum Gasteiger partial charge on any atom is -0.497 e. The number of unbranched alkanes of at least 4 members (excludes halogenated alkanes) is 2. The molecule has 2 rings (SSSR count). The van der Waals surface area contributed by atoms with Crippen LogP contribution in [0.5, 0.6) is 5.75 Å². The predicted molar refractivity (Wildman–Crippen MR) is 158 cm³/mol. The average Bonchev–Trinajstić information content (AvgIpc) is 2.87. The van der Waals surface area contributed by atoms with E-state index in [9.17, 15) is 19.2 Å². The topological polar surface area (TPSA) is 140 Å². The van der Waals surface area contributed by atoms with Gasteiger partial charge in [-0.1, -0.05) is 43.5 Å². The number of carbonyl (C=O) groups is 4. The second-order valence-electron chi connectivity index (χ2n) is 11.1. The Balaban J connectivity index is 2.58. The molecule has 2 atom stereocenters. The molecule has 2 aromatic rings. The second kappa shape index (κ2) is 15.1. The molecule has 0 spiro atoms. The number of hydrogen-bond acceptors (Lipinski definition) is 6. The molecule has 0 saturated carbocycles. The number of nitrogens with zero attached hydrogens (tertiary/aromatic N) is 1. The van der Waals surface area contributed by atoms with E-state index in [-0.39, 0.29) is 6.54 Å². The van der Waals surface area contributed by atoms with Gasteiger partial charge < -0.3 is 30.7 Å². The fourth-order valence-electron chi connectivity index (χ4n) is 4.42. The van der Waals surface area contributed by atoms with E-state index in [1.54, 1.807) is 52.1 Å². The maximum atomic E-state index is 14.2. The lowest BCUT2D eigenvalue weighted by Gasteiger charge is -2.35. The summed E-state index contributed by atoms with van der Waals surface area (Å²) in [6.07, 6.45) is 0.979. The van der Waals surface area contributed by atoms with Gasteiger partial charge in [-0.2, -0.15) is 0 Å². The number of anilines is 1. The lowest BCUT2D eigenvalue weighted by Crippen LogP contribution is -2.53. The number of primary amides is 1. The van der Waals surface area contributed by atoms with Crippen molar-refractivity contribution in [3.63, 3.8) is 0 Å². The number of alkyl carbamates (subject to hydrolysis) is 1. The Morgan fingerprint density at radius 1 is 1.00 bits per heavy atom. The fourth-order valence-corrected chi connectivity index (χ4v) is 4.42. The van der Waals surface area contributed by atoms with Crippen LogP contribution in [0, 0.1) is 13.8 Å². The molecule has 41 heavy (non-hydrogen) atoms. The molecule has 4 amide bonds. The third-order valence-electron chi connectivity index (χ3n) is 6.32. The van der Waals surface area contributed by atoms with E-state index < -0.39 is 47.9 Å². The number of nitrogens with one attached hydrogen (secondary N) is 2. The van der Waals surface area contributed by atoms with Crippen LogP contribution in [-0.2, 0) is 19.1 Å². The van der Waals surface area contributed by atoms with E-state index in [1.807, 2.05) is 39.0 Å². The highest BCUT2D eigenvalue weighted by atomic mass is 16.6. The molecule has 2 unspecified atom stereocenters. The summed E-state index contributed by atoms with van der Waals surface area (Å²) < 4.78 is 10.6. The van der Waals surface area contributed by atoms with E-state index >= 15 is 0 Å². The first-order valence-corrected chi connectivity index (χ1v) is 13.9. The van der Waals surface area contributed by atoms with Crippen molar-refractivity contribution in [2.45, 2.75) is 84.9 Å². The molecule has 10 nitrogen and oxygen atoms in total. The second-order valence-corrected chi connectivity index (χ2v) is 11.1. The number of nitrogens with two attached hydrogens (primary N) is 1. The van der Waals surface area contributed by atoms with Crippen molar-refractivity contribution in [3.05, 3.63) is 59.2 Å². The highest BCUT2D eigenvalue weighted by molar-refractivity contribution is 6.00. The number of amides is 4. The number of carbonyl (C=O) groups excluding carboxylic acids is 4. The van der Waals surface area contributed by atoms with Gasteiger partial charge in [0.25, 0.3) is 5.91 Å². The summed E-state index contributed by atoms with van der Waals surface area (Å²) in [4.78, 5) is 54.2. The van der Waals surface area contributed by atoms with Crippen LogP contribution in [0.15, 0.2) is 42.5 Å². The Bertz CT molecular complexity index is 1210. The molecule has 224 valence electrons. The summed E-state index contributed by atoms with van der Waals surface area (Å²) in [5.74, 6) is -1.20. The van der Waals surface area contributed by atoms with Crippen LogP contribution in [-0.4, -0.2) is 54.0 Å². The van der Waals surface area contributed by atoms with E-state index in [4.69, 9.17) is 15.2 Å². The first-order chi connectivity index (χ1) is 19.2. The molecule has 2 aromatic carbocycles. The maximum Gasteiger partial charge on any atom is 0.408 e. The Morgan fingerprint density at radius 3 is 2.20 bits per heavy atom. The van der Waals surface area contributed by atoms with Crippen LogP contribution in [0.4, 0.5) is 10.5 Å². The normalized spacial score (nSPS) is 12.6. The van der Waals surface area contributed by atoms with Gasteiger partial charge >= 0.3 is 6.09 Å². The molecule has 0 saturated heterocycles. The van der Waals surface area contributed by atoms with Crippen LogP contribution in [0.3, 0.4) is 0 Å². The molecular weight excluding hydrogens is 524 g/mol. The molecule has 10 heteroatoms. The monoisotopic (exact) mass is 568 g/mol. The van der Waals surface area contributed by atoms with Crippen molar-refractivity contribution in [1.82, 2.24) is 10.2 Å². The van der Waals surface area contributed by atoms with Crippen molar-refractivity contribution in [3.8, 4) is 5.75 Å². The predicted octanol–water partition coefficient (Wildman–Crippen LogP) is 4.78. The zero-order valence-electron chi connectivity index (χ0n) is 25.2. The van der Waals surface area contributed by atoms with Crippen molar-refractivity contribution in [1.29, 1.82) is 0 Å². The third-order valence-corrected chi connectivity index (χ3v) is 6.32. The fraction of sp³-hybridized carbons (Fsp3) is 0.484. The van der Waals surface area contributed by atoms with E-state index in [0.717, 1.165) is 24.0 Å². The molecule has 0 radical (unpaired) electrons. The zero-order valence-corrected chi connectivity index (χ0v) is 25.2. The Hall–Kier alpha value is -4.08. The molecule has 0 aliphatic rings. The van der Waals surface area contributed by atoms with Gasteiger partial charge in [0.1, 0.15) is 23.4 Å². The lowest BCUT2D eigenvalue weighted by atomic mass is 9.95. The van der Waals surface area contributed by atoms with Gasteiger partial charge in [-0.15, -0.1) is 0 Å². The first-order valence-electron chi connectivity index (χ1n) is 13.9. The number of hydrogen-bond donors (Lipinski definition) is 3. The SMILES string of the molecule is CCCCCN(C(=O)C(CC(N)=O)NC(=O)OC(C)(C)C)C(C(=O)Nc1ccc(OC)cc1)c1ccc(C)cc1C. The largest absolute Gasteiger partial charge is 0.497 e. The van der Waals surface area contributed by atoms with Crippen LogP contribution in [0.2, 0.25) is 0 Å². The Morgan fingerprint density at radius 2 is 1.66 bits per heavy atom. The number of aryl methyl sites for hydroxylation is 2. The average molecular weight is 569 g/mol. The van der Waals surface area contributed by atoms with Crippen LogP contribution >= 0.6 is 0 Å². The van der Waals surface area contributed by atoms with E-state index in [0.29, 0.717) is 23.4 Å². The Kier molecular flexibility index (Phi) is 12.2. The number of ether oxygens (including phenoxy) is 2. The maximum absolute atomic E-state index is 14.2. The van der Waals surface area contributed by atoms with Gasteiger partial charge in [-0.25, -0.2) is 4.79 Å². The van der Waals surface area contributed by atoms with Gasteiger partial charge in [-0.05, 0) is 76.4 Å². The lowest BCUT2D eigenvalue weighted by molar-refractivity contribution is -0.142. The van der Waals surface area contributed by atoms with Gasteiger partial charge in [0.05, 0.1) is 13.5 Å². The summed E-state index contributed by atoms with van der Waals surface area (Å²) in [6.45, 7) is 11.1. The molecule has 4 N–H and O–H groups in total. The first kappa shape index (κ1) is 33.1. The molecule has 0 aliphatic heterocycles. The van der Waals surface area contributed by atoms with Gasteiger partial charge in [0.2, 0.25) is 11.8 Å². The van der Waals surface area contributed by atoms with E-state index in [1.165, 1.54) is 4.90 Å². The standard InChI is InChI=1S/C31H44N4O6/c1-8-9-10-17-35(29(38)25(19-26(32)36)34-30(39)41-31(4,5)6)27(24-16-11-20(2)18-21(24)3)28(37)33-22-12-14-23(40-7)15-13-22/h11-16,18,25,27H,8-10,17,19H2,1-7H3,(H2,32,36)(H,33,37)(H,34,39). The van der Waals surface area contributed by atoms with E-state index in [2.05, 4.69) is 10.6 Å². The molecule has 0 fully saturated rings. The van der Waals surface area contributed by atoms with Crippen LogP contribution in [0.1, 0.15) is 76.1 Å². The molecule has 0 bridgehead atoms. The smallest absolute Gasteiger partial charge is 0.408 e. The van der Waals surface area contributed by atoms with Crippen molar-refractivity contribution in [2.75, 3.05) is 19.0 Å². The third kappa shape index (κ3) is 10.4. The molecule has 0 aliphatic carbocycles. The number of methoxy groups -OCH3 is 1. The quantitative estimate of drug-likeness (QED) is 0.297. The van der Waals surface area contributed by atoms with Crippen LogP contribution < -0.4 is 21.1 Å². The number of benzene rings is 2. The molecular formula is C31H44N4O6. The minimum atomic E-state index is -1.33.